The van der Waals surface area contributed by atoms with Gasteiger partial charge in [-0.25, -0.2) is 8.78 Å². The van der Waals surface area contributed by atoms with E-state index in [1.165, 1.54) is 38.5 Å². The van der Waals surface area contributed by atoms with Gasteiger partial charge in [0.05, 0.1) is 0 Å². The fourth-order valence-electron chi connectivity index (χ4n) is 5.34. The molecule has 1 aromatic carbocycles. The summed E-state index contributed by atoms with van der Waals surface area (Å²) in [6.07, 6.45) is 7.71. The van der Waals surface area contributed by atoms with Gasteiger partial charge in [0.2, 0.25) is 0 Å². The smallest absolute Gasteiger partial charge is 0.207 e. The normalized spacial score (nSPS) is 28.0. The highest BCUT2D eigenvalue weighted by molar-refractivity contribution is 5.28. The molecular weight excluding hydrogens is 407 g/mol. The Morgan fingerprint density at radius 2 is 1.65 bits per heavy atom. The fraction of sp³-hybridized carbons (Fsp3) is 0.692. The minimum atomic E-state index is -4.91. The van der Waals surface area contributed by atoms with E-state index in [2.05, 4.69) is 6.92 Å². The van der Waals surface area contributed by atoms with Crippen LogP contribution in [0.2, 0.25) is 0 Å². The molecule has 0 atom stereocenters. The van der Waals surface area contributed by atoms with Gasteiger partial charge in [0.15, 0.2) is 5.83 Å². The molecule has 1 aromatic rings. The quantitative estimate of drug-likeness (QED) is 0.292. The first kappa shape index (κ1) is 24.3. The van der Waals surface area contributed by atoms with Gasteiger partial charge in [0, 0.05) is 0 Å². The molecule has 0 radical (unpaired) electrons. The highest BCUT2D eigenvalue weighted by Crippen LogP contribution is 2.39. The van der Waals surface area contributed by atoms with Crippen molar-refractivity contribution in [3.05, 3.63) is 47.0 Å². The van der Waals surface area contributed by atoms with Gasteiger partial charge in [0.1, 0.15) is 5.82 Å². The highest BCUT2D eigenvalue weighted by Gasteiger charge is 2.35. The lowest BCUT2D eigenvalue weighted by atomic mass is 9.78. The first-order valence-corrected chi connectivity index (χ1v) is 11.9. The Morgan fingerprint density at radius 3 is 2.26 bits per heavy atom. The Hall–Kier alpha value is -1.39. The third kappa shape index (κ3) is 7.32. The van der Waals surface area contributed by atoms with E-state index in [0.717, 1.165) is 30.2 Å². The van der Waals surface area contributed by atoms with Crippen LogP contribution in [-0.2, 0) is 6.42 Å². The number of allylic oxidation sites excluding steroid dienone is 2. The summed E-state index contributed by atoms with van der Waals surface area (Å²) in [7, 11) is 0. The molecule has 2 aliphatic carbocycles. The number of hydrogen-bond acceptors (Lipinski definition) is 0. The molecular formula is C26H35F5. The zero-order chi connectivity index (χ0) is 22.4. The number of alkyl halides is 3. The lowest BCUT2D eigenvalue weighted by Gasteiger charge is -2.27. The SMILES string of the molecule is CC1CCC(CCCCc2ccc(C3CCC(C=C(F)C(F)(F)F)CC3)c(F)c2)CC1. The molecule has 31 heavy (non-hydrogen) atoms. The highest BCUT2D eigenvalue weighted by atomic mass is 19.4. The Kier molecular flexibility index (Phi) is 8.58. The Balaban J connectivity index is 1.43. The maximum absolute atomic E-state index is 14.7. The van der Waals surface area contributed by atoms with E-state index < -0.39 is 17.9 Å². The Bertz CT molecular complexity index is 720. The monoisotopic (exact) mass is 442 g/mol. The lowest BCUT2D eigenvalue weighted by molar-refractivity contribution is -0.109. The third-order valence-corrected chi connectivity index (χ3v) is 7.39. The molecule has 5 heteroatoms. The van der Waals surface area contributed by atoms with Crippen LogP contribution in [0.15, 0.2) is 30.1 Å². The van der Waals surface area contributed by atoms with Crippen LogP contribution in [-0.4, -0.2) is 6.18 Å². The minimum absolute atomic E-state index is 0.00124. The molecule has 2 fully saturated rings. The third-order valence-electron chi connectivity index (χ3n) is 7.39. The van der Waals surface area contributed by atoms with Crippen molar-refractivity contribution < 1.29 is 22.0 Å². The van der Waals surface area contributed by atoms with E-state index >= 15 is 0 Å². The van der Waals surface area contributed by atoms with E-state index in [1.54, 1.807) is 6.07 Å². The number of halogens is 5. The van der Waals surface area contributed by atoms with Gasteiger partial charge in [-0.05, 0) is 85.5 Å². The average molecular weight is 443 g/mol. The Labute approximate surface area is 183 Å². The molecule has 0 saturated heterocycles. The van der Waals surface area contributed by atoms with E-state index in [-0.39, 0.29) is 11.7 Å². The van der Waals surface area contributed by atoms with Gasteiger partial charge in [-0.1, -0.05) is 57.6 Å². The fourth-order valence-corrected chi connectivity index (χ4v) is 5.34. The largest absolute Gasteiger partial charge is 0.442 e. The molecule has 0 N–H and O–H groups in total. The standard InChI is InChI=1S/C26H35F5/c1-18-6-8-19(9-7-18)4-2-3-5-20-12-15-23(24(27)16-20)22-13-10-21(11-14-22)17-25(28)26(29,30)31/h12,15-19,21-22H,2-11,13-14H2,1H3. The zero-order valence-corrected chi connectivity index (χ0v) is 18.5. The lowest BCUT2D eigenvalue weighted by Crippen LogP contribution is -2.15. The van der Waals surface area contributed by atoms with Crippen LogP contribution in [0.5, 0.6) is 0 Å². The van der Waals surface area contributed by atoms with Crippen molar-refractivity contribution in [2.75, 3.05) is 0 Å². The van der Waals surface area contributed by atoms with Gasteiger partial charge in [-0.15, -0.1) is 0 Å². The molecule has 3 rings (SSSR count). The number of unbranched alkanes of at least 4 members (excludes halogenated alkanes) is 1. The molecule has 2 aliphatic rings. The second kappa shape index (κ2) is 11.0. The van der Waals surface area contributed by atoms with Crippen LogP contribution < -0.4 is 0 Å². The van der Waals surface area contributed by atoms with E-state index in [0.29, 0.717) is 37.3 Å². The van der Waals surface area contributed by atoms with Crippen molar-refractivity contribution >= 4 is 0 Å². The van der Waals surface area contributed by atoms with Crippen molar-refractivity contribution in [1.29, 1.82) is 0 Å². The molecule has 0 aromatic heterocycles. The van der Waals surface area contributed by atoms with Gasteiger partial charge < -0.3 is 0 Å². The molecule has 0 aliphatic heterocycles. The number of benzene rings is 1. The number of rotatable bonds is 7. The second-order valence-corrected chi connectivity index (χ2v) is 9.85. The first-order chi connectivity index (χ1) is 14.7. The van der Waals surface area contributed by atoms with Gasteiger partial charge in [-0.3, -0.25) is 0 Å². The first-order valence-electron chi connectivity index (χ1n) is 11.9. The predicted molar refractivity (Wildman–Crippen MR) is 115 cm³/mol. The number of hydrogen-bond donors (Lipinski definition) is 0. The van der Waals surface area contributed by atoms with Gasteiger partial charge in [0.25, 0.3) is 0 Å². The van der Waals surface area contributed by atoms with E-state index in [9.17, 15) is 22.0 Å². The van der Waals surface area contributed by atoms with Crippen LogP contribution >= 0.6 is 0 Å². The molecule has 0 spiro atoms. The topological polar surface area (TPSA) is 0 Å². The van der Waals surface area contributed by atoms with E-state index in [4.69, 9.17) is 0 Å². The summed E-state index contributed by atoms with van der Waals surface area (Å²) in [4.78, 5) is 0. The molecule has 174 valence electrons. The van der Waals surface area contributed by atoms with Crippen molar-refractivity contribution in [3.63, 3.8) is 0 Å². The summed E-state index contributed by atoms with van der Waals surface area (Å²) in [5.74, 6) is -0.895. The summed E-state index contributed by atoms with van der Waals surface area (Å²) in [5, 5.41) is 0. The summed E-state index contributed by atoms with van der Waals surface area (Å²) in [6.45, 7) is 2.34. The number of aryl methyl sites for hydroxylation is 1. The molecule has 0 heterocycles. The van der Waals surface area contributed by atoms with Gasteiger partial charge in [-0.2, -0.15) is 13.2 Å². The summed E-state index contributed by atoms with van der Waals surface area (Å²) in [5.41, 5.74) is 1.67. The van der Waals surface area contributed by atoms with Crippen LogP contribution in [0.1, 0.15) is 94.6 Å². The molecule has 0 nitrogen and oxygen atoms in total. The maximum Gasteiger partial charge on any atom is 0.442 e. The average Bonchev–Trinajstić information content (AvgIpc) is 2.73. The van der Waals surface area contributed by atoms with Crippen molar-refractivity contribution in [3.8, 4) is 0 Å². The van der Waals surface area contributed by atoms with Crippen molar-refractivity contribution in [1.82, 2.24) is 0 Å². The zero-order valence-electron chi connectivity index (χ0n) is 18.5. The van der Waals surface area contributed by atoms with Crippen LogP contribution in [0, 0.1) is 23.6 Å². The Morgan fingerprint density at radius 1 is 0.968 bits per heavy atom. The summed E-state index contributed by atoms with van der Waals surface area (Å²) in [6, 6.07) is 5.48. The van der Waals surface area contributed by atoms with Crippen molar-refractivity contribution in [2.24, 2.45) is 17.8 Å². The predicted octanol–water partition coefficient (Wildman–Crippen LogP) is 9.05. The summed E-state index contributed by atoms with van der Waals surface area (Å²) >= 11 is 0. The maximum atomic E-state index is 14.7. The van der Waals surface area contributed by atoms with Crippen molar-refractivity contribution in [2.45, 2.75) is 96.1 Å². The van der Waals surface area contributed by atoms with Crippen LogP contribution in [0.25, 0.3) is 0 Å². The van der Waals surface area contributed by atoms with E-state index in [1.807, 2.05) is 12.1 Å². The molecule has 2 saturated carbocycles. The van der Waals surface area contributed by atoms with Crippen LogP contribution in [0.4, 0.5) is 22.0 Å². The van der Waals surface area contributed by atoms with Gasteiger partial charge >= 0.3 is 6.18 Å². The second-order valence-electron chi connectivity index (χ2n) is 9.85. The minimum Gasteiger partial charge on any atom is -0.207 e. The summed E-state index contributed by atoms with van der Waals surface area (Å²) < 4.78 is 65.0. The van der Waals surface area contributed by atoms with Crippen LogP contribution in [0.3, 0.4) is 0 Å². The molecule has 0 unspecified atom stereocenters. The molecule has 0 bridgehead atoms. The molecule has 0 amide bonds.